The molecule has 1 atom stereocenters. The molecule has 0 unspecified atom stereocenters. The minimum absolute atomic E-state index is 0.00988. The van der Waals surface area contributed by atoms with Gasteiger partial charge in [0.25, 0.3) is 5.91 Å². The highest BCUT2D eigenvalue weighted by Crippen LogP contribution is 2.26. The molecule has 2 heterocycles. The maximum absolute atomic E-state index is 13.4. The summed E-state index contributed by atoms with van der Waals surface area (Å²) in [6.45, 7) is 2.90. The molecular formula is C25H25N5O. The standard InChI is InChI=1S/C25H25N5O/c1-28-14-15-30(24(18-28)20-9-3-2-4-10-20)25(31)23-17-29(27-26-23)16-21-12-7-11-19-8-5-6-13-22(19)21/h2-13,17,24H,14-16,18H2,1H3/t24-/m1/s1. The van der Waals surface area contributed by atoms with E-state index in [0.717, 1.165) is 24.2 Å². The van der Waals surface area contributed by atoms with E-state index in [4.69, 9.17) is 0 Å². The van der Waals surface area contributed by atoms with Gasteiger partial charge in [-0.2, -0.15) is 0 Å². The highest BCUT2D eigenvalue weighted by Gasteiger charge is 2.32. The summed E-state index contributed by atoms with van der Waals surface area (Å²) in [6, 6.07) is 24.8. The van der Waals surface area contributed by atoms with Crippen LogP contribution in [0.15, 0.2) is 79.0 Å². The number of fused-ring (bicyclic) bond motifs is 1. The van der Waals surface area contributed by atoms with Gasteiger partial charge in [0, 0.05) is 19.6 Å². The van der Waals surface area contributed by atoms with Crippen molar-refractivity contribution in [3.8, 4) is 0 Å². The van der Waals surface area contributed by atoms with Crippen LogP contribution in [0.4, 0.5) is 0 Å². The SMILES string of the molecule is CN1CCN(C(=O)c2cn(Cc3cccc4ccccc34)nn2)[C@@H](c2ccccc2)C1. The van der Waals surface area contributed by atoms with Crippen molar-refractivity contribution >= 4 is 16.7 Å². The molecule has 0 N–H and O–H groups in total. The monoisotopic (exact) mass is 411 g/mol. The van der Waals surface area contributed by atoms with Crippen LogP contribution in [0, 0.1) is 0 Å². The Bertz CT molecular complexity index is 1200. The number of carbonyl (C=O) groups is 1. The summed E-state index contributed by atoms with van der Waals surface area (Å²) in [5.74, 6) is -0.0638. The highest BCUT2D eigenvalue weighted by atomic mass is 16.2. The fraction of sp³-hybridized carbons (Fsp3) is 0.240. The van der Waals surface area contributed by atoms with Gasteiger partial charge < -0.3 is 9.80 Å². The number of hydrogen-bond donors (Lipinski definition) is 0. The molecule has 0 saturated carbocycles. The predicted octanol–water partition coefficient (Wildman–Crippen LogP) is 3.61. The third-order valence-corrected chi connectivity index (χ3v) is 6.00. The molecule has 1 aliphatic heterocycles. The van der Waals surface area contributed by atoms with Crippen LogP contribution in [0.3, 0.4) is 0 Å². The zero-order chi connectivity index (χ0) is 21.2. The smallest absolute Gasteiger partial charge is 0.276 e. The van der Waals surface area contributed by atoms with Gasteiger partial charge >= 0.3 is 0 Å². The van der Waals surface area contributed by atoms with Crippen LogP contribution in [-0.4, -0.2) is 57.4 Å². The van der Waals surface area contributed by atoms with Crippen molar-refractivity contribution < 1.29 is 4.79 Å². The topological polar surface area (TPSA) is 54.3 Å². The highest BCUT2D eigenvalue weighted by molar-refractivity contribution is 5.92. The maximum Gasteiger partial charge on any atom is 0.276 e. The quantitative estimate of drug-likeness (QED) is 0.515. The van der Waals surface area contributed by atoms with Gasteiger partial charge in [0.15, 0.2) is 5.69 Å². The first-order chi connectivity index (χ1) is 15.2. The molecule has 1 amide bonds. The fourth-order valence-electron chi connectivity index (χ4n) is 4.35. The number of likely N-dealkylation sites (N-methyl/N-ethyl adjacent to an activating group) is 1. The normalized spacial score (nSPS) is 17.2. The number of hydrogen-bond acceptors (Lipinski definition) is 4. The van der Waals surface area contributed by atoms with Crippen LogP contribution in [0.5, 0.6) is 0 Å². The van der Waals surface area contributed by atoms with E-state index in [9.17, 15) is 4.79 Å². The van der Waals surface area contributed by atoms with Crippen LogP contribution in [0.25, 0.3) is 10.8 Å². The number of carbonyl (C=O) groups excluding carboxylic acids is 1. The van der Waals surface area contributed by atoms with Gasteiger partial charge in [-0.1, -0.05) is 78.0 Å². The second kappa shape index (κ2) is 8.32. The number of nitrogens with zero attached hydrogens (tertiary/aromatic N) is 5. The molecule has 1 fully saturated rings. The molecule has 0 bridgehead atoms. The molecule has 156 valence electrons. The van der Waals surface area contributed by atoms with Crippen LogP contribution in [0.1, 0.15) is 27.7 Å². The third kappa shape index (κ3) is 3.94. The third-order valence-electron chi connectivity index (χ3n) is 6.00. The Morgan fingerprint density at radius 2 is 1.74 bits per heavy atom. The molecule has 0 aliphatic carbocycles. The second-order valence-electron chi connectivity index (χ2n) is 8.13. The van der Waals surface area contributed by atoms with Crippen molar-refractivity contribution in [3.63, 3.8) is 0 Å². The molecule has 31 heavy (non-hydrogen) atoms. The predicted molar refractivity (Wildman–Crippen MR) is 121 cm³/mol. The number of rotatable bonds is 4. The maximum atomic E-state index is 13.4. The van der Waals surface area contributed by atoms with E-state index in [2.05, 4.69) is 64.7 Å². The molecule has 5 rings (SSSR count). The van der Waals surface area contributed by atoms with Gasteiger partial charge in [0.2, 0.25) is 0 Å². The fourth-order valence-corrected chi connectivity index (χ4v) is 4.35. The summed E-state index contributed by atoms with van der Waals surface area (Å²) in [4.78, 5) is 17.6. The molecule has 4 aromatic rings. The van der Waals surface area contributed by atoms with Gasteiger partial charge in [-0.3, -0.25) is 4.79 Å². The van der Waals surface area contributed by atoms with Crippen LogP contribution in [0.2, 0.25) is 0 Å². The second-order valence-corrected chi connectivity index (χ2v) is 8.13. The first kappa shape index (κ1) is 19.5. The number of benzene rings is 3. The summed E-state index contributed by atoms with van der Waals surface area (Å²) in [6.07, 6.45) is 1.77. The van der Waals surface area contributed by atoms with E-state index in [0.29, 0.717) is 18.8 Å². The molecular weight excluding hydrogens is 386 g/mol. The lowest BCUT2D eigenvalue weighted by atomic mass is 10.0. The van der Waals surface area contributed by atoms with Gasteiger partial charge in [-0.25, -0.2) is 4.68 Å². The molecule has 1 aliphatic rings. The minimum Gasteiger partial charge on any atom is -0.328 e. The van der Waals surface area contributed by atoms with Crippen LogP contribution in [-0.2, 0) is 6.54 Å². The lowest BCUT2D eigenvalue weighted by Crippen LogP contribution is -2.49. The number of aromatic nitrogens is 3. The lowest BCUT2D eigenvalue weighted by Gasteiger charge is -2.40. The molecule has 6 nitrogen and oxygen atoms in total. The van der Waals surface area contributed by atoms with Gasteiger partial charge in [0.05, 0.1) is 18.8 Å². The first-order valence-electron chi connectivity index (χ1n) is 10.6. The summed E-state index contributed by atoms with van der Waals surface area (Å²) >= 11 is 0. The number of amides is 1. The largest absolute Gasteiger partial charge is 0.328 e. The van der Waals surface area contributed by atoms with E-state index >= 15 is 0 Å². The molecule has 3 aromatic carbocycles. The minimum atomic E-state index is -0.0638. The van der Waals surface area contributed by atoms with Gasteiger partial charge in [-0.15, -0.1) is 5.10 Å². The van der Waals surface area contributed by atoms with Crippen molar-refractivity contribution in [3.05, 3.63) is 95.8 Å². The Kier molecular flexibility index (Phi) is 5.22. The van der Waals surface area contributed by atoms with E-state index in [1.165, 1.54) is 10.8 Å². The average molecular weight is 412 g/mol. The average Bonchev–Trinajstić information content (AvgIpc) is 3.28. The van der Waals surface area contributed by atoms with Crippen molar-refractivity contribution in [1.29, 1.82) is 0 Å². The Balaban J connectivity index is 1.39. The van der Waals surface area contributed by atoms with E-state index in [1.54, 1.807) is 10.9 Å². The summed E-state index contributed by atoms with van der Waals surface area (Å²) in [5, 5.41) is 10.9. The molecule has 1 saturated heterocycles. The van der Waals surface area contributed by atoms with Crippen molar-refractivity contribution in [2.75, 3.05) is 26.7 Å². The van der Waals surface area contributed by atoms with E-state index in [1.807, 2.05) is 35.2 Å². The first-order valence-corrected chi connectivity index (χ1v) is 10.6. The summed E-state index contributed by atoms with van der Waals surface area (Å²) in [7, 11) is 2.10. The Hall–Kier alpha value is -3.51. The van der Waals surface area contributed by atoms with Gasteiger partial charge in [-0.05, 0) is 28.9 Å². The Morgan fingerprint density at radius 3 is 2.61 bits per heavy atom. The Labute approximate surface area is 181 Å². The molecule has 6 heteroatoms. The van der Waals surface area contributed by atoms with Crippen molar-refractivity contribution in [2.45, 2.75) is 12.6 Å². The van der Waals surface area contributed by atoms with Crippen molar-refractivity contribution in [1.82, 2.24) is 24.8 Å². The van der Waals surface area contributed by atoms with E-state index in [-0.39, 0.29) is 11.9 Å². The lowest BCUT2D eigenvalue weighted by molar-refractivity contribution is 0.0492. The zero-order valence-electron chi connectivity index (χ0n) is 17.6. The number of piperazine rings is 1. The molecule has 0 spiro atoms. The summed E-state index contributed by atoms with van der Waals surface area (Å²) < 4.78 is 1.75. The Morgan fingerprint density at radius 1 is 0.968 bits per heavy atom. The zero-order valence-corrected chi connectivity index (χ0v) is 17.6. The van der Waals surface area contributed by atoms with Crippen LogP contribution >= 0.6 is 0 Å². The molecule has 1 aromatic heterocycles. The molecule has 0 radical (unpaired) electrons. The van der Waals surface area contributed by atoms with Crippen LogP contribution < -0.4 is 0 Å². The van der Waals surface area contributed by atoms with E-state index < -0.39 is 0 Å². The summed E-state index contributed by atoms with van der Waals surface area (Å²) in [5.41, 5.74) is 2.69. The van der Waals surface area contributed by atoms with Gasteiger partial charge in [0.1, 0.15) is 0 Å². The van der Waals surface area contributed by atoms with Crippen molar-refractivity contribution in [2.24, 2.45) is 0 Å².